The van der Waals surface area contributed by atoms with Crippen LogP contribution in [0.1, 0.15) is 149 Å². The fourth-order valence-corrected chi connectivity index (χ4v) is 10.6. The number of hydrogen-bond acceptors (Lipinski definition) is 12. The summed E-state index contributed by atoms with van der Waals surface area (Å²) in [5.74, 6) is -3.00. The van der Waals surface area contributed by atoms with Gasteiger partial charge in [0.15, 0.2) is 0 Å². The molecule has 0 bridgehead atoms. The first-order valence-electron chi connectivity index (χ1n) is 21.0. The average molecular weight is 791 g/mol. The molecule has 322 valence electrons. The standard InChI is InChI=1S/C44H78N4O8/c1-37(2)21-29(41(9,10)45-37)35(51)55-27(25-53-33(49)31-23-39(5,6)47(17)43(31,13)14)19-20-28(56-36(52)30-22-38(3,4)46-42(30,11)12)26-54-34(50)32-24-40(7,8)48(18)44(32,15)16/h27-32,45-46H,19-26H2,1-18H3. The first-order valence-corrected chi connectivity index (χ1v) is 21.0. The number of esters is 4. The summed E-state index contributed by atoms with van der Waals surface area (Å²) < 4.78 is 24.5. The number of likely N-dealkylation sites (tertiary alicyclic amines) is 2. The van der Waals surface area contributed by atoms with E-state index in [0.29, 0.717) is 25.7 Å². The third kappa shape index (κ3) is 9.77. The highest BCUT2D eigenvalue weighted by molar-refractivity contribution is 5.77. The summed E-state index contributed by atoms with van der Waals surface area (Å²) in [6.45, 7) is 32.7. The van der Waals surface area contributed by atoms with E-state index in [2.05, 4.69) is 104 Å². The van der Waals surface area contributed by atoms with Crippen LogP contribution in [0.4, 0.5) is 0 Å². The molecular weight excluding hydrogens is 713 g/mol. The molecule has 4 aliphatic rings. The summed E-state index contributed by atoms with van der Waals surface area (Å²) in [5, 5.41) is 7.10. The summed E-state index contributed by atoms with van der Waals surface area (Å²) in [7, 11) is 4.06. The maximum Gasteiger partial charge on any atom is 0.311 e. The van der Waals surface area contributed by atoms with Gasteiger partial charge in [0, 0.05) is 44.3 Å². The van der Waals surface area contributed by atoms with E-state index < -0.39 is 46.2 Å². The molecule has 0 aromatic heterocycles. The van der Waals surface area contributed by atoms with Gasteiger partial charge in [0.05, 0.1) is 23.7 Å². The maximum atomic E-state index is 13.9. The van der Waals surface area contributed by atoms with E-state index in [0.717, 1.165) is 0 Å². The molecular formula is C44H78N4O8. The van der Waals surface area contributed by atoms with Crippen LogP contribution in [0.2, 0.25) is 0 Å². The van der Waals surface area contributed by atoms with E-state index in [1.165, 1.54) is 0 Å². The second kappa shape index (κ2) is 15.4. The number of nitrogens with zero attached hydrogens (tertiary/aromatic N) is 2. The number of carbonyl (C=O) groups excluding carboxylic acids is 4. The van der Waals surface area contributed by atoms with Crippen LogP contribution in [0.5, 0.6) is 0 Å². The summed E-state index contributed by atoms with van der Waals surface area (Å²) in [5.41, 5.74) is -2.80. The Balaban J connectivity index is 1.56. The predicted octanol–water partition coefficient (Wildman–Crippen LogP) is 6.03. The summed E-state index contributed by atoms with van der Waals surface area (Å²) in [6, 6.07) is 0. The number of rotatable bonds is 13. The average Bonchev–Trinajstić information content (AvgIpc) is 3.55. The first kappa shape index (κ1) is 46.4. The lowest BCUT2D eigenvalue weighted by Crippen LogP contribution is -2.48. The Labute approximate surface area is 338 Å². The molecule has 4 heterocycles. The molecule has 0 spiro atoms. The van der Waals surface area contributed by atoms with E-state index in [1.54, 1.807) is 0 Å². The minimum Gasteiger partial charge on any atom is -0.461 e. The quantitative estimate of drug-likeness (QED) is 0.167. The number of carbonyl (C=O) groups is 4. The Morgan fingerprint density at radius 2 is 0.804 bits per heavy atom. The number of nitrogens with one attached hydrogen (secondary N) is 2. The molecule has 0 radical (unpaired) electrons. The van der Waals surface area contributed by atoms with Crippen molar-refractivity contribution in [2.75, 3.05) is 27.3 Å². The zero-order chi connectivity index (χ0) is 42.8. The number of ether oxygens (including phenoxy) is 4. The van der Waals surface area contributed by atoms with Crippen LogP contribution in [0.15, 0.2) is 0 Å². The van der Waals surface area contributed by atoms with E-state index in [9.17, 15) is 19.2 Å². The monoisotopic (exact) mass is 791 g/mol. The highest BCUT2D eigenvalue weighted by Crippen LogP contribution is 2.46. The maximum absolute atomic E-state index is 13.9. The Kier molecular flexibility index (Phi) is 12.8. The molecule has 12 heteroatoms. The predicted molar refractivity (Wildman–Crippen MR) is 218 cm³/mol. The Bertz CT molecular complexity index is 1390. The molecule has 0 aromatic carbocycles. The van der Waals surface area contributed by atoms with Gasteiger partial charge in [0.1, 0.15) is 25.4 Å². The van der Waals surface area contributed by atoms with Crippen LogP contribution in [0.25, 0.3) is 0 Å². The SMILES string of the molecule is CN1C(C)(C)CC(C(=O)OCC(CCC(COC(=O)C2CC(C)(C)N(C)C2(C)C)OC(=O)C2CC(C)(C)NC2(C)C)OC(=O)C2CC(C)(C)NC2(C)C)C1(C)C. The zero-order valence-corrected chi connectivity index (χ0v) is 38.3. The molecule has 4 saturated heterocycles. The van der Waals surface area contributed by atoms with Gasteiger partial charge in [-0.2, -0.15) is 0 Å². The summed E-state index contributed by atoms with van der Waals surface area (Å²) in [4.78, 5) is 59.9. The molecule has 6 atom stereocenters. The van der Waals surface area contributed by atoms with Gasteiger partial charge in [-0.25, -0.2) is 0 Å². The van der Waals surface area contributed by atoms with E-state index in [-0.39, 0.29) is 83.9 Å². The van der Waals surface area contributed by atoms with Gasteiger partial charge in [-0.15, -0.1) is 0 Å². The van der Waals surface area contributed by atoms with Crippen molar-refractivity contribution in [3.05, 3.63) is 0 Å². The number of hydrogen-bond donors (Lipinski definition) is 2. The minimum absolute atomic E-state index is 0.142. The van der Waals surface area contributed by atoms with Crippen molar-refractivity contribution in [1.82, 2.24) is 20.4 Å². The van der Waals surface area contributed by atoms with Crippen molar-refractivity contribution < 1.29 is 38.1 Å². The van der Waals surface area contributed by atoms with Crippen LogP contribution in [0, 0.1) is 23.7 Å². The smallest absolute Gasteiger partial charge is 0.311 e. The van der Waals surface area contributed by atoms with Crippen molar-refractivity contribution in [1.29, 1.82) is 0 Å². The normalized spacial score (nSPS) is 31.7. The molecule has 4 aliphatic heterocycles. The Hall–Kier alpha value is -2.28. The molecule has 56 heavy (non-hydrogen) atoms. The van der Waals surface area contributed by atoms with Crippen LogP contribution in [0.3, 0.4) is 0 Å². The highest BCUT2D eigenvalue weighted by Gasteiger charge is 2.55. The third-order valence-electron chi connectivity index (χ3n) is 14.5. The van der Waals surface area contributed by atoms with Gasteiger partial charge in [0.2, 0.25) is 0 Å². The lowest BCUT2D eigenvalue weighted by Gasteiger charge is -2.38. The second-order valence-electron chi connectivity index (χ2n) is 22.5. The molecule has 0 aliphatic carbocycles. The lowest BCUT2D eigenvalue weighted by atomic mass is 9.87. The van der Waals surface area contributed by atoms with Gasteiger partial charge in [-0.3, -0.25) is 29.0 Å². The summed E-state index contributed by atoms with van der Waals surface area (Å²) >= 11 is 0. The molecule has 12 nitrogen and oxygen atoms in total. The van der Waals surface area contributed by atoms with E-state index >= 15 is 0 Å². The van der Waals surface area contributed by atoms with Crippen LogP contribution in [-0.4, -0.2) is 118 Å². The fraction of sp³-hybridized carbons (Fsp3) is 0.909. The van der Waals surface area contributed by atoms with Crippen LogP contribution < -0.4 is 10.6 Å². The van der Waals surface area contributed by atoms with Crippen molar-refractivity contribution in [2.45, 2.75) is 206 Å². The first-order chi connectivity index (χ1) is 25.2. The Morgan fingerprint density at radius 1 is 0.500 bits per heavy atom. The molecule has 4 rings (SSSR count). The molecule has 2 N–H and O–H groups in total. The molecule has 6 unspecified atom stereocenters. The van der Waals surface area contributed by atoms with E-state index in [1.807, 2.05) is 41.8 Å². The van der Waals surface area contributed by atoms with Gasteiger partial charge < -0.3 is 29.6 Å². The zero-order valence-electron chi connectivity index (χ0n) is 38.3. The Morgan fingerprint density at radius 3 is 1.04 bits per heavy atom. The fourth-order valence-electron chi connectivity index (χ4n) is 10.6. The highest BCUT2D eigenvalue weighted by atomic mass is 16.6. The molecule has 0 aromatic rings. The van der Waals surface area contributed by atoms with Gasteiger partial charge in [-0.05, 0) is 163 Å². The van der Waals surface area contributed by atoms with Crippen molar-refractivity contribution >= 4 is 23.9 Å². The van der Waals surface area contributed by atoms with E-state index in [4.69, 9.17) is 18.9 Å². The molecule has 0 amide bonds. The van der Waals surface area contributed by atoms with Gasteiger partial charge in [-0.1, -0.05) is 0 Å². The molecule has 0 saturated carbocycles. The largest absolute Gasteiger partial charge is 0.461 e. The van der Waals surface area contributed by atoms with Crippen LogP contribution >= 0.6 is 0 Å². The lowest BCUT2D eigenvalue weighted by molar-refractivity contribution is -0.170. The minimum atomic E-state index is -0.815. The van der Waals surface area contributed by atoms with Gasteiger partial charge >= 0.3 is 23.9 Å². The van der Waals surface area contributed by atoms with Crippen molar-refractivity contribution in [3.63, 3.8) is 0 Å². The van der Waals surface area contributed by atoms with Crippen LogP contribution in [-0.2, 0) is 38.1 Å². The van der Waals surface area contributed by atoms with Crippen molar-refractivity contribution in [2.24, 2.45) is 23.7 Å². The summed E-state index contributed by atoms with van der Waals surface area (Å²) in [6.07, 6.45) is 1.26. The molecule has 4 fully saturated rings. The third-order valence-corrected chi connectivity index (χ3v) is 14.5. The topological polar surface area (TPSA) is 136 Å². The second-order valence-corrected chi connectivity index (χ2v) is 22.5. The van der Waals surface area contributed by atoms with Gasteiger partial charge in [0.25, 0.3) is 0 Å². The van der Waals surface area contributed by atoms with Crippen molar-refractivity contribution in [3.8, 4) is 0 Å².